The zero-order valence-corrected chi connectivity index (χ0v) is 47.5. The summed E-state index contributed by atoms with van der Waals surface area (Å²) in [6.07, 6.45) is -33.8. The van der Waals surface area contributed by atoms with Gasteiger partial charge in [-0.25, -0.2) is 0 Å². The van der Waals surface area contributed by atoms with Crippen LogP contribution < -0.4 is 0 Å². The number of carbonyl (C=O) groups excluding carboxylic acids is 1. The Morgan fingerprint density at radius 2 is 1.17 bits per heavy atom. The van der Waals surface area contributed by atoms with E-state index in [1.54, 1.807) is 13.8 Å². The fourth-order valence-electron chi connectivity index (χ4n) is 15.5. The van der Waals surface area contributed by atoms with Crippen molar-refractivity contribution in [1.82, 2.24) is 0 Å². The van der Waals surface area contributed by atoms with Crippen molar-refractivity contribution in [3.05, 3.63) is 11.6 Å². The molecular weight excluding hydrogens is 1070 g/mol. The number of hydrogen-bond acceptors (Lipinski definition) is 25. The third-order valence-electron chi connectivity index (χ3n) is 20.1. The van der Waals surface area contributed by atoms with Crippen molar-refractivity contribution in [2.45, 2.75) is 278 Å². The molecule has 5 saturated heterocycles. The van der Waals surface area contributed by atoms with Crippen LogP contribution in [0.1, 0.15) is 113 Å². The van der Waals surface area contributed by atoms with E-state index < -0.39 is 184 Å². The maximum atomic E-state index is 13.2. The fraction of sp³-hybridized carbons (Fsp3) is 0.946. The Morgan fingerprint density at radius 3 is 1.77 bits per heavy atom. The van der Waals surface area contributed by atoms with Gasteiger partial charge in [0.15, 0.2) is 31.5 Å². The highest BCUT2D eigenvalue weighted by Crippen LogP contribution is 2.67. The molecule has 33 atom stereocenters. The monoisotopic (exact) mass is 1160 g/mol. The van der Waals surface area contributed by atoms with Crippen molar-refractivity contribution >= 4 is 5.78 Å². The van der Waals surface area contributed by atoms with Crippen LogP contribution in [0.3, 0.4) is 0 Å². The summed E-state index contributed by atoms with van der Waals surface area (Å²) in [4.78, 5) is 13.2. The third-order valence-corrected chi connectivity index (χ3v) is 20.1. The number of fused-ring (bicyclic) bond motifs is 5. The fourth-order valence-corrected chi connectivity index (χ4v) is 15.5. The Bertz CT molecular complexity index is 2160. The van der Waals surface area contributed by atoms with E-state index in [1.165, 1.54) is 19.4 Å². The molecule has 14 N–H and O–H groups in total. The van der Waals surface area contributed by atoms with Crippen molar-refractivity contribution < 1.29 is 124 Å². The molecule has 466 valence electrons. The van der Waals surface area contributed by atoms with E-state index in [1.807, 2.05) is 13.8 Å². The molecule has 0 bridgehead atoms. The second-order valence-electron chi connectivity index (χ2n) is 26.2. The second-order valence-corrected chi connectivity index (χ2v) is 26.2. The zero-order valence-electron chi connectivity index (χ0n) is 47.5. The smallest absolute Gasteiger partial charge is 0.187 e. The summed E-state index contributed by atoms with van der Waals surface area (Å²) in [5.74, 6) is -0.0979. The molecule has 9 rings (SSSR count). The molecule has 0 amide bonds. The summed E-state index contributed by atoms with van der Waals surface area (Å²) in [5.41, 5.74) is -0.714. The lowest BCUT2D eigenvalue weighted by Gasteiger charge is -2.60. The largest absolute Gasteiger partial charge is 0.394 e. The minimum absolute atomic E-state index is 0.0142. The molecular formula is C56H92O25. The molecule has 9 aliphatic rings. The molecule has 25 heteroatoms. The highest BCUT2D eigenvalue weighted by molar-refractivity contribution is 5.79. The minimum Gasteiger partial charge on any atom is -0.394 e. The van der Waals surface area contributed by atoms with Gasteiger partial charge in [-0.05, 0) is 113 Å². The Labute approximate surface area is 471 Å². The van der Waals surface area contributed by atoms with Crippen LogP contribution in [0.2, 0.25) is 0 Å². The van der Waals surface area contributed by atoms with E-state index in [0.717, 1.165) is 19.3 Å². The molecule has 0 aromatic carbocycles. The molecule has 8 fully saturated rings. The SMILES string of the molecule is CC(C)CC(=O)CC(C)(O)C1CCC2C3C[C@H](OC4OC(C)C(O)C(OC5OCC(OC6OC(CO)C(O)C(O)C6OC6OC(C)C(O)C(O)C6O)C(O)C5OC5OC(C)C(O)C(O)C5O)C4O)[C@H]4CC(O)CCC4(C)C3=CCC21C. The lowest BCUT2D eigenvalue weighted by atomic mass is 9.47. The molecule has 5 heterocycles. The van der Waals surface area contributed by atoms with Gasteiger partial charge < -0.3 is 119 Å². The van der Waals surface area contributed by atoms with Gasteiger partial charge in [-0.2, -0.15) is 0 Å². The number of ether oxygens (including phenoxy) is 10. The van der Waals surface area contributed by atoms with Crippen molar-refractivity contribution in [1.29, 1.82) is 0 Å². The van der Waals surface area contributed by atoms with Crippen LogP contribution in [-0.4, -0.2) is 256 Å². The van der Waals surface area contributed by atoms with E-state index in [9.17, 15) is 76.3 Å². The normalized spacial score (nSPS) is 53.0. The van der Waals surface area contributed by atoms with Crippen LogP contribution in [0.5, 0.6) is 0 Å². The maximum absolute atomic E-state index is 13.2. The van der Waals surface area contributed by atoms with Gasteiger partial charge in [0.2, 0.25) is 0 Å². The van der Waals surface area contributed by atoms with Gasteiger partial charge in [-0.3, -0.25) is 4.79 Å². The Kier molecular flexibility index (Phi) is 19.7. The average Bonchev–Trinajstić information content (AvgIpc) is 3.15. The molecule has 4 aliphatic carbocycles. The first kappa shape index (κ1) is 63.9. The first-order valence-electron chi connectivity index (χ1n) is 29.2. The summed E-state index contributed by atoms with van der Waals surface area (Å²) in [6, 6.07) is 0. The Morgan fingerprint density at radius 1 is 0.617 bits per heavy atom. The zero-order chi connectivity index (χ0) is 59.1. The van der Waals surface area contributed by atoms with Gasteiger partial charge in [0.1, 0.15) is 103 Å². The highest BCUT2D eigenvalue weighted by Gasteiger charge is 2.63. The van der Waals surface area contributed by atoms with E-state index in [4.69, 9.17) is 47.4 Å². The van der Waals surface area contributed by atoms with Crippen LogP contribution in [0, 0.1) is 40.4 Å². The van der Waals surface area contributed by atoms with Crippen LogP contribution in [0.4, 0.5) is 0 Å². The molecule has 0 spiro atoms. The highest BCUT2D eigenvalue weighted by atomic mass is 16.8. The van der Waals surface area contributed by atoms with Crippen molar-refractivity contribution in [2.24, 2.45) is 40.4 Å². The summed E-state index contributed by atoms with van der Waals surface area (Å²) >= 11 is 0. The van der Waals surface area contributed by atoms with Gasteiger partial charge in [-0.15, -0.1) is 0 Å². The Balaban J connectivity index is 0.960. The van der Waals surface area contributed by atoms with Crippen molar-refractivity contribution in [3.63, 3.8) is 0 Å². The Hall–Kier alpha value is -1.55. The molecule has 31 unspecified atom stereocenters. The van der Waals surface area contributed by atoms with Crippen molar-refractivity contribution in [2.75, 3.05) is 13.2 Å². The van der Waals surface area contributed by atoms with Crippen LogP contribution in [-0.2, 0) is 52.2 Å². The average molecular weight is 1170 g/mol. The third kappa shape index (κ3) is 12.3. The number of carbonyl (C=O) groups is 1. The van der Waals surface area contributed by atoms with Crippen LogP contribution in [0.15, 0.2) is 11.6 Å². The second kappa shape index (κ2) is 24.9. The number of hydrogen-bond donors (Lipinski definition) is 14. The first-order valence-corrected chi connectivity index (χ1v) is 29.2. The summed E-state index contributed by atoms with van der Waals surface area (Å²) in [7, 11) is 0. The first-order chi connectivity index (χ1) is 38.0. The molecule has 0 aromatic heterocycles. The lowest BCUT2D eigenvalue weighted by Crippen LogP contribution is -2.67. The molecule has 81 heavy (non-hydrogen) atoms. The van der Waals surface area contributed by atoms with E-state index in [-0.39, 0.29) is 47.2 Å². The summed E-state index contributed by atoms with van der Waals surface area (Å²) < 4.78 is 61.1. The molecule has 5 aliphatic heterocycles. The molecule has 0 radical (unpaired) electrons. The number of ketones is 1. The number of aliphatic hydroxyl groups is 14. The van der Waals surface area contributed by atoms with Gasteiger partial charge in [0, 0.05) is 12.8 Å². The predicted molar refractivity (Wildman–Crippen MR) is 275 cm³/mol. The van der Waals surface area contributed by atoms with E-state index >= 15 is 0 Å². The van der Waals surface area contributed by atoms with E-state index in [2.05, 4.69) is 19.9 Å². The van der Waals surface area contributed by atoms with Crippen molar-refractivity contribution in [3.8, 4) is 0 Å². The number of allylic oxidation sites excluding steroid dienone is 2. The topological polar surface area (TPSA) is 393 Å². The van der Waals surface area contributed by atoms with Gasteiger partial charge in [-0.1, -0.05) is 39.3 Å². The quantitative estimate of drug-likeness (QED) is 0.0710. The standard InChI is InChI=1S/C56H92O25/c1-21(2)15-26(59)18-56(8,71)34-10-9-28-27-17-31(30-16-25(58)11-13-54(30,6)29(27)12-14-55(28,34)7)76-51-45(70)46(37(62)24(5)75-51)79-52-47(80-49-43(68)40(65)35(60)22(3)73-49)39(64)33(20-72-52)78-53-48(42(67)38(63)32(19-57)77-53)81-50-44(69)41(66)36(61)23(4)74-50/h12,21-25,27-28,30-53,57-58,60-71H,9-11,13-20H2,1-8H3/t22?,23?,24?,25?,27?,28?,30-,31+,32?,33?,34?,35?,36?,37?,38?,39?,40?,41?,42?,43?,44?,45?,46?,47?,48?,49?,50?,51?,52?,53?,54?,55?,56?/m1/s1. The minimum atomic E-state index is -1.94. The number of Topliss-reactive ketones (excluding diaryl/α,β-unsaturated/α-hetero) is 1. The summed E-state index contributed by atoms with van der Waals surface area (Å²) in [5, 5.41) is 156. The number of rotatable bonds is 16. The summed E-state index contributed by atoms with van der Waals surface area (Å²) in [6.45, 7) is 13.1. The molecule has 0 aromatic rings. The lowest BCUT2D eigenvalue weighted by molar-refractivity contribution is -0.398. The predicted octanol–water partition coefficient (Wildman–Crippen LogP) is -2.50. The number of aliphatic hydroxyl groups excluding tert-OH is 13. The molecule has 25 nitrogen and oxygen atoms in total. The van der Waals surface area contributed by atoms with Gasteiger partial charge in [0.25, 0.3) is 0 Å². The van der Waals surface area contributed by atoms with Crippen LogP contribution in [0.25, 0.3) is 0 Å². The maximum Gasteiger partial charge on any atom is 0.187 e. The van der Waals surface area contributed by atoms with Crippen LogP contribution >= 0.6 is 0 Å². The molecule has 3 saturated carbocycles. The van der Waals surface area contributed by atoms with E-state index in [0.29, 0.717) is 32.1 Å². The van der Waals surface area contributed by atoms with Gasteiger partial charge >= 0.3 is 0 Å². The van der Waals surface area contributed by atoms with Gasteiger partial charge in [0.05, 0.1) is 49.3 Å².